The predicted octanol–water partition coefficient (Wildman–Crippen LogP) is 5.05. The van der Waals surface area contributed by atoms with Crippen molar-refractivity contribution in [2.75, 3.05) is 7.05 Å². The largest absolute Gasteiger partial charge is 0.313 e. The zero-order valence-corrected chi connectivity index (χ0v) is 15.5. The molecule has 1 unspecified atom stereocenters. The first-order chi connectivity index (χ1) is 9.10. The van der Waals surface area contributed by atoms with E-state index >= 15 is 0 Å². The summed E-state index contributed by atoms with van der Waals surface area (Å²) in [5.74, 6) is 0. The van der Waals surface area contributed by atoms with Crippen molar-refractivity contribution in [1.82, 2.24) is 5.32 Å². The molecule has 1 nitrogen and oxygen atoms in total. The molecule has 0 radical (unpaired) electrons. The lowest BCUT2D eigenvalue weighted by Crippen LogP contribution is -2.18. The second kappa shape index (κ2) is 7.24. The van der Waals surface area contributed by atoms with Crippen LogP contribution in [-0.4, -0.2) is 7.05 Å². The summed E-state index contributed by atoms with van der Waals surface area (Å²) in [7, 11) is 1.99. The van der Waals surface area contributed by atoms with E-state index in [2.05, 4.69) is 93.0 Å². The van der Waals surface area contributed by atoms with Crippen molar-refractivity contribution in [3.05, 3.63) is 65.8 Å². The fourth-order valence-electron chi connectivity index (χ4n) is 1.97. The Kier molecular flexibility index (Phi) is 5.92. The molecule has 100 valence electrons. The van der Waals surface area contributed by atoms with E-state index in [4.69, 9.17) is 11.6 Å². The van der Waals surface area contributed by atoms with Crippen molar-refractivity contribution in [2.45, 2.75) is 12.5 Å². The van der Waals surface area contributed by atoms with Gasteiger partial charge >= 0.3 is 0 Å². The highest BCUT2D eigenvalue weighted by molar-refractivity contribution is 14.1. The molecule has 0 amide bonds. The standard InChI is InChI=1S/C15H14ClI2N/c1-19-15(8-10-2-5-12(17)6-3-10)11-4-7-14(18)13(16)9-11/h2-7,9,15,19H,8H2,1H3. The second-order valence-corrected chi connectivity index (χ2v) is 7.16. The molecule has 19 heavy (non-hydrogen) atoms. The van der Waals surface area contributed by atoms with Gasteiger partial charge in [-0.3, -0.25) is 0 Å². The van der Waals surface area contributed by atoms with Crippen molar-refractivity contribution in [2.24, 2.45) is 0 Å². The lowest BCUT2D eigenvalue weighted by molar-refractivity contribution is 0.592. The molecule has 2 rings (SSSR count). The second-order valence-electron chi connectivity index (χ2n) is 4.35. The minimum Gasteiger partial charge on any atom is -0.313 e. The van der Waals surface area contributed by atoms with Crippen LogP contribution in [0.5, 0.6) is 0 Å². The fraction of sp³-hybridized carbons (Fsp3) is 0.200. The third kappa shape index (κ3) is 4.31. The molecule has 0 aromatic heterocycles. The maximum Gasteiger partial charge on any atom is 0.0542 e. The number of benzene rings is 2. The Labute approximate surface area is 146 Å². The molecular formula is C15H14ClI2N. The molecule has 1 N–H and O–H groups in total. The highest BCUT2D eigenvalue weighted by Crippen LogP contribution is 2.25. The summed E-state index contributed by atoms with van der Waals surface area (Å²) in [5.41, 5.74) is 2.56. The topological polar surface area (TPSA) is 12.0 Å². The molecule has 0 heterocycles. The van der Waals surface area contributed by atoms with Crippen LogP contribution in [0.25, 0.3) is 0 Å². The molecule has 0 saturated carbocycles. The van der Waals surface area contributed by atoms with Crippen molar-refractivity contribution in [1.29, 1.82) is 0 Å². The normalized spacial score (nSPS) is 12.4. The summed E-state index contributed by atoms with van der Waals surface area (Å²) in [4.78, 5) is 0. The number of hydrogen-bond donors (Lipinski definition) is 1. The Morgan fingerprint density at radius 2 is 1.79 bits per heavy atom. The maximum absolute atomic E-state index is 6.20. The molecule has 0 aliphatic rings. The highest BCUT2D eigenvalue weighted by atomic mass is 127. The smallest absolute Gasteiger partial charge is 0.0542 e. The molecule has 0 spiro atoms. The lowest BCUT2D eigenvalue weighted by atomic mass is 9.99. The number of nitrogens with one attached hydrogen (secondary N) is 1. The zero-order chi connectivity index (χ0) is 13.8. The third-order valence-electron chi connectivity index (χ3n) is 3.05. The van der Waals surface area contributed by atoms with Crippen LogP contribution in [0.1, 0.15) is 17.2 Å². The van der Waals surface area contributed by atoms with E-state index in [1.54, 1.807) is 0 Å². The summed E-state index contributed by atoms with van der Waals surface area (Å²) < 4.78 is 2.35. The first kappa shape index (κ1) is 15.5. The summed E-state index contributed by atoms with van der Waals surface area (Å²) in [6.45, 7) is 0. The van der Waals surface area contributed by atoms with E-state index in [0.29, 0.717) is 0 Å². The van der Waals surface area contributed by atoms with E-state index in [1.165, 1.54) is 14.7 Å². The average molecular weight is 498 g/mol. The zero-order valence-electron chi connectivity index (χ0n) is 10.5. The van der Waals surface area contributed by atoms with E-state index in [9.17, 15) is 0 Å². The summed E-state index contributed by atoms with van der Waals surface area (Å²) in [6.07, 6.45) is 0.963. The summed E-state index contributed by atoms with van der Waals surface area (Å²) in [5, 5.41) is 4.19. The van der Waals surface area contributed by atoms with Gasteiger partial charge in [-0.2, -0.15) is 0 Å². The van der Waals surface area contributed by atoms with Gasteiger partial charge in [0, 0.05) is 13.2 Å². The molecule has 1 atom stereocenters. The predicted molar refractivity (Wildman–Crippen MR) is 98.8 cm³/mol. The van der Waals surface area contributed by atoms with Crippen molar-refractivity contribution >= 4 is 56.8 Å². The molecule has 2 aromatic carbocycles. The van der Waals surface area contributed by atoms with Crippen LogP contribution in [0.2, 0.25) is 5.02 Å². The Morgan fingerprint density at radius 1 is 1.11 bits per heavy atom. The van der Waals surface area contributed by atoms with Crippen LogP contribution in [-0.2, 0) is 6.42 Å². The van der Waals surface area contributed by atoms with Gasteiger partial charge in [-0.25, -0.2) is 0 Å². The van der Waals surface area contributed by atoms with Gasteiger partial charge in [0.15, 0.2) is 0 Å². The number of halogens is 3. The van der Waals surface area contributed by atoms with E-state index < -0.39 is 0 Å². The highest BCUT2D eigenvalue weighted by Gasteiger charge is 2.11. The molecule has 0 saturated heterocycles. The fourth-order valence-corrected chi connectivity index (χ4v) is 2.86. The number of hydrogen-bond acceptors (Lipinski definition) is 1. The molecule has 2 aromatic rings. The van der Waals surface area contributed by atoms with Crippen molar-refractivity contribution < 1.29 is 0 Å². The van der Waals surface area contributed by atoms with E-state index in [1.807, 2.05) is 7.05 Å². The van der Waals surface area contributed by atoms with Crippen LogP contribution in [0.15, 0.2) is 42.5 Å². The molecule has 0 fully saturated rings. The quantitative estimate of drug-likeness (QED) is 0.583. The van der Waals surface area contributed by atoms with E-state index in [0.717, 1.165) is 15.0 Å². The van der Waals surface area contributed by atoms with Gasteiger partial charge in [-0.05, 0) is 94.0 Å². The van der Waals surface area contributed by atoms with Crippen LogP contribution in [0, 0.1) is 7.14 Å². The molecular weight excluding hydrogens is 483 g/mol. The number of likely N-dealkylation sites (N-methyl/N-ethyl adjacent to an activating group) is 1. The van der Waals surface area contributed by atoms with Crippen LogP contribution in [0.4, 0.5) is 0 Å². The first-order valence-corrected chi connectivity index (χ1v) is 8.50. The number of rotatable bonds is 4. The molecule has 0 bridgehead atoms. The van der Waals surface area contributed by atoms with Gasteiger partial charge in [-0.15, -0.1) is 0 Å². The van der Waals surface area contributed by atoms with Gasteiger partial charge < -0.3 is 5.32 Å². The van der Waals surface area contributed by atoms with Gasteiger partial charge in [0.1, 0.15) is 0 Å². The van der Waals surface area contributed by atoms with Gasteiger partial charge in [0.25, 0.3) is 0 Å². The van der Waals surface area contributed by atoms with Crippen LogP contribution >= 0.6 is 56.8 Å². The Balaban J connectivity index is 2.19. The SMILES string of the molecule is CNC(Cc1ccc(I)cc1)c1ccc(I)c(Cl)c1. The Hall–Kier alpha value is 0.150. The molecule has 4 heteroatoms. The first-order valence-electron chi connectivity index (χ1n) is 5.97. The third-order valence-corrected chi connectivity index (χ3v) is 5.34. The van der Waals surface area contributed by atoms with E-state index in [-0.39, 0.29) is 6.04 Å². The van der Waals surface area contributed by atoms with Gasteiger partial charge in [0.05, 0.1) is 5.02 Å². The summed E-state index contributed by atoms with van der Waals surface area (Å²) >= 11 is 10.8. The monoisotopic (exact) mass is 497 g/mol. The maximum atomic E-state index is 6.20. The molecule has 0 aliphatic carbocycles. The van der Waals surface area contributed by atoms with Crippen molar-refractivity contribution in [3.8, 4) is 0 Å². The van der Waals surface area contributed by atoms with Crippen LogP contribution in [0.3, 0.4) is 0 Å². The lowest BCUT2D eigenvalue weighted by Gasteiger charge is -2.17. The van der Waals surface area contributed by atoms with Crippen molar-refractivity contribution in [3.63, 3.8) is 0 Å². The average Bonchev–Trinajstić information content (AvgIpc) is 2.41. The van der Waals surface area contributed by atoms with Gasteiger partial charge in [-0.1, -0.05) is 29.8 Å². The van der Waals surface area contributed by atoms with Crippen LogP contribution < -0.4 is 5.32 Å². The minimum absolute atomic E-state index is 0.287. The Morgan fingerprint density at radius 3 is 2.37 bits per heavy atom. The minimum atomic E-state index is 0.287. The van der Waals surface area contributed by atoms with Gasteiger partial charge in [0.2, 0.25) is 0 Å². The molecule has 0 aliphatic heterocycles. The Bertz CT molecular complexity index is 555. The summed E-state index contributed by atoms with van der Waals surface area (Å²) in [6, 6.07) is 15.2.